The van der Waals surface area contributed by atoms with Crippen molar-refractivity contribution < 1.29 is 10.2 Å². The van der Waals surface area contributed by atoms with Crippen LogP contribution in [0.15, 0.2) is 60.7 Å². The maximum absolute atomic E-state index is 13.8. The van der Waals surface area contributed by atoms with Gasteiger partial charge in [-0.05, 0) is 85.7 Å². The first-order valence-corrected chi connectivity index (χ1v) is 12.7. The molecule has 3 aliphatic rings. The second-order valence-electron chi connectivity index (χ2n) is 11.6. The average molecular weight is 479 g/mol. The Kier molecular flexibility index (Phi) is 4.27. The summed E-state index contributed by atoms with van der Waals surface area (Å²) in [5.41, 5.74) is 5.28. The molecular formula is C30H30N4O2-2. The number of benzene rings is 4. The minimum absolute atomic E-state index is 0.278. The average Bonchev–Trinajstić information content (AvgIpc) is 2.81. The highest BCUT2D eigenvalue weighted by Gasteiger charge is 2.41. The normalized spacial score (nSPS) is 26.8. The predicted molar refractivity (Wildman–Crippen MR) is 144 cm³/mol. The molecule has 7 rings (SSSR count). The summed E-state index contributed by atoms with van der Waals surface area (Å²) >= 11 is 0. The van der Waals surface area contributed by atoms with Crippen LogP contribution in [0.3, 0.4) is 0 Å². The SMILES string of the molecule is CC1(C)Nc2cccc3c(C4C([O-])C(c5ccc6c7c(cccc57)NC(C)(C)N6)C4[O-])ccc(c23)N1. The lowest BCUT2D eigenvalue weighted by Gasteiger charge is -2.62. The Morgan fingerprint density at radius 2 is 0.889 bits per heavy atom. The van der Waals surface area contributed by atoms with Gasteiger partial charge < -0.3 is 31.5 Å². The second kappa shape index (κ2) is 7.05. The molecule has 4 N–H and O–H groups in total. The van der Waals surface area contributed by atoms with E-state index in [-0.39, 0.29) is 11.3 Å². The highest BCUT2D eigenvalue weighted by atomic mass is 16.3. The van der Waals surface area contributed by atoms with Crippen LogP contribution in [0, 0.1) is 0 Å². The summed E-state index contributed by atoms with van der Waals surface area (Å²) < 4.78 is 0. The first-order valence-electron chi connectivity index (χ1n) is 12.7. The van der Waals surface area contributed by atoms with Gasteiger partial charge in [-0.1, -0.05) is 36.4 Å². The molecule has 6 heteroatoms. The van der Waals surface area contributed by atoms with Gasteiger partial charge in [0, 0.05) is 33.5 Å². The van der Waals surface area contributed by atoms with E-state index in [2.05, 4.69) is 61.1 Å². The zero-order valence-electron chi connectivity index (χ0n) is 20.9. The molecular weight excluding hydrogens is 448 g/mol. The lowest BCUT2D eigenvalue weighted by atomic mass is 9.62. The summed E-state index contributed by atoms with van der Waals surface area (Å²) in [5, 5.41) is 45.8. The van der Waals surface area contributed by atoms with E-state index in [4.69, 9.17) is 0 Å². The zero-order chi connectivity index (χ0) is 25.0. The van der Waals surface area contributed by atoms with E-state index in [1.807, 2.05) is 48.5 Å². The van der Waals surface area contributed by atoms with Gasteiger partial charge in [0.25, 0.3) is 0 Å². The quantitative estimate of drug-likeness (QED) is 0.339. The molecule has 0 unspecified atom stereocenters. The lowest BCUT2D eigenvalue weighted by Crippen LogP contribution is -2.63. The lowest BCUT2D eigenvalue weighted by molar-refractivity contribution is -0.535. The highest BCUT2D eigenvalue weighted by Crippen LogP contribution is 2.52. The molecule has 0 spiro atoms. The van der Waals surface area contributed by atoms with Gasteiger partial charge in [-0.3, -0.25) is 0 Å². The van der Waals surface area contributed by atoms with Gasteiger partial charge in [0.05, 0.1) is 0 Å². The fourth-order valence-electron chi connectivity index (χ4n) is 6.65. The van der Waals surface area contributed by atoms with Crippen LogP contribution in [0.25, 0.3) is 21.5 Å². The van der Waals surface area contributed by atoms with Gasteiger partial charge in [-0.2, -0.15) is 0 Å². The molecule has 2 aliphatic heterocycles. The van der Waals surface area contributed by atoms with Crippen LogP contribution in [0.1, 0.15) is 50.7 Å². The van der Waals surface area contributed by atoms with Crippen LogP contribution in [-0.4, -0.2) is 23.5 Å². The molecule has 0 radical (unpaired) electrons. The van der Waals surface area contributed by atoms with Crippen molar-refractivity contribution >= 4 is 44.3 Å². The molecule has 2 heterocycles. The number of nitrogens with one attached hydrogen (secondary N) is 4. The summed E-state index contributed by atoms with van der Waals surface area (Å²) in [6.07, 6.45) is -1.99. The fraction of sp³-hybridized carbons (Fsp3) is 0.333. The fourth-order valence-corrected chi connectivity index (χ4v) is 6.65. The van der Waals surface area contributed by atoms with Crippen molar-refractivity contribution in [3.05, 3.63) is 71.8 Å². The summed E-state index contributed by atoms with van der Waals surface area (Å²) in [7, 11) is 0. The molecule has 1 saturated carbocycles. The van der Waals surface area contributed by atoms with Gasteiger partial charge in [0.1, 0.15) is 11.3 Å². The third-order valence-electron chi connectivity index (χ3n) is 8.07. The maximum Gasteiger partial charge on any atom is 0.102 e. The molecule has 4 aromatic rings. The van der Waals surface area contributed by atoms with Gasteiger partial charge >= 0.3 is 0 Å². The van der Waals surface area contributed by atoms with Crippen molar-refractivity contribution in [1.29, 1.82) is 0 Å². The maximum atomic E-state index is 13.8. The summed E-state index contributed by atoms with van der Waals surface area (Å²) in [5.74, 6) is -1.15. The largest absolute Gasteiger partial charge is 0.851 e. The minimum Gasteiger partial charge on any atom is -0.851 e. The first kappa shape index (κ1) is 21.8. The molecule has 1 aliphatic carbocycles. The van der Waals surface area contributed by atoms with E-state index in [9.17, 15) is 10.2 Å². The number of anilines is 4. The van der Waals surface area contributed by atoms with Crippen LogP contribution >= 0.6 is 0 Å². The van der Waals surface area contributed by atoms with E-state index in [0.717, 1.165) is 55.4 Å². The van der Waals surface area contributed by atoms with Crippen molar-refractivity contribution in [3.8, 4) is 0 Å². The summed E-state index contributed by atoms with van der Waals surface area (Å²) in [4.78, 5) is 0. The number of rotatable bonds is 2. The Morgan fingerprint density at radius 3 is 1.28 bits per heavy atom. The Labute approximate surface area is 210 Å². The second-order valence-corrected chi connectivity index (χ2v) is 11.6. The number of hydrogen-bond donors (Lipinski definition) is 4. The molecule has 4 aromatic carbocycles. The van der Waals surface area contributed by atoms with Crippen LogP contribution in [0.4, 0.5) is 22.7 Å². The Hall–Kier alpha value is -3.48. The van der Waals surface area contributed by atoms with Crippen LogP contribution in [-0.2, 0) is 0 Å². The molecule has 0 saturated heterocycles. The first-order chi connectivity index (χ1) is 17.1. The Bertz CT molecular complexity index is 1410. The van der Waals surface area contributed by atoms with Gasteiger partial charge in [0.2, 0.25) is 0 Å². The summed E-state index contributed by atoms with van der Waals surface area (Å²) in [6, 6.07) is 20.2. The van der Waals surface area contributed by atoms with Gasteiger partial charge in [-0.15, -0.1) is 12.2 Å². The third kappa shape index (κ3) is 2.98. The minimum atomic E-state index is -0.997. The topological polar surface area (TPSA) is 94.2 Å². The third-order valence-corrected chi connectivity index (χ3v) is 8.07. The van der Waals surface area contributed by atoms with Crippen molar-refractivity contribution in [2.45, 2.75) is 63.1 Å². The van der Waals surface area contributed by atoms with Crippen molar-refractivity contribution in [2.24, 2.45) is 0 Å². The van der Waals surface area contributed by atoms with E-state index >= 15 is 0 Å². The van der Waals surface area contributed by atoms with Gasteiger partial charge in [0.15, 0.2) is 0 Å². The molecule has 0 bridgehead atoms. The van der Waals surface area contributed by atoms with Gasteiger partial charge in [-0.25, -0.2) is 0 Å². The Morgan fingerprint density at radius 1 is 0.528 bits per heavy atom. The summed E-state index contributed by atoms with van der Waals surface area (Å²) in [6.45, 7) is 8.36. The molecule has 6 nitrogen and oxygen atoms in total. The molecule has 0 atom stereocenters. The predicted octanol–water partition coefficient (Wildman–Crippen LogP) is 4.48. The standard InChI is InChI=1S/C30H30N4O2/c1-29(2)31-19-9-5-7-15-17(11-13-21(33-29)23(15)19)25-27(35)26(28(25)36)18-12-14-22-24-16(18)8-6-10-20(24)32-30(3,4)34-22/h5-14,25-28,31-34H,1-4H3/q-2. The number of hydrogen-bond acceptors (Lipinski definition) is 6. The molecule has 1 fully saturated rings. The Balaban J connectivity index is 1.29. The van der Waals surface area contributed by atoms with Crippen molar-refractivity contribution in [3.63, 3.8) is 0 Å². The molecule has 36 heavy (non-hydrogen) atoms. The van der Waals surface area contributed by atoms with Crippen LogP contribution < -0.4 is 31.5 Å². The van der Waals surface area contributed by atoms with Crippen LogP contribution in [0.2, 0.25) is 0 Å². The monoisotopic (exact) mass is 478 g/mol. The smallest absolute Gasteiger partial charge is 0.102 e. The zero-order valence-corrected chi connectivity index (χ0v) is 20.9. The van der Waals surface area contributed by atoms with E-state index in [1.54, 1.807) is 0 Å². The van der Waals surface area contributed by atoms with Crippen molar-refractivity contribution in [1.82, 2.24) is 0 Å². The van der Waals surface area contributed by atoms with E-state index in [1.165, 1.54) is 0 Å². The van der Waals surface area contributed by atoms with Crippen LogP contribution in [0.5, 0.6) is 0 Å². The molecule has 184 valence electrons. The molecule has 0 amide bonds. The highest BCUT2D eigenvalue weighted by molar-refractivity contribution is 6.08. The van der Waals surface area contributed by atoms with Crippen molar-refractivity contribution in [2.75, 3.05) is 21.3 Å². The van der Waals surface area contributed by atoms with E-state index < -0.39 is 24.0 Å². The molecule has 0 aromatic heterocycles. The van der Waals surface area contributed by atoms with E-state index in [0.29, 0.717) is 0 Å².